The van der Waals surface area contributed by atoms with Gasteiger partial charge in [-0.2, -0.15) is 0 Å². The summed E-state index contributed by atoms with van der Waals surface area (Å²) >= 11 is 0. The van der Waals surface area contributed by atoms with Crippen LogP contribution < -0.4 is 10.2 Å². The molecule has 27 heavy (non-hydrogen) atoms. The first-order chi connectivity index (χ1) is 12.9. The Morgan fingerprint density at radius 2 is 1.74 bits per heavy atom. The quantitative estimate of drug-likeness (QED) is 0.619. The van der Waals surface area contributed by atoms with Crippen LogP contribution in [0.1, 0.15) is 77.8 Å². The lowest BCUT2D eigenvalue weighted by molar-refractivity contribution is 0.105. The zero-order valence-electron chi connectivity index (χ0n) is 17.8. The highest BCUT2D eigenvalue weighted by atomic mass is 15.4. The molecular weight excluding hydrogens is 328 g/mol. The maximum Gasteiger partial charge on any atom is 0.110 e. The topological polar surface area (TPSA) is 15.3 Å². The number of nitrogens with one attached hydrogen (secondary N) is 1. The monoisotopic (exact) mass is 362 g/mol. The molecule has 2 aliphatic rings. The van der Waals surface area contributed by atoms with E-state index in [1.165, 1.54) is 34.6 Å². The number of anilines is 3. The van der Waals surface area contributed by atoms with Crippen LogP contribution in [0.25, 0.3) is 0 Å². The minimum Gasteiger partial charge on any atom is -0.363 e. The Kier molecular flexibility index (Phi) is 4.29. The van der Waals surface area contributed by atoms with Crippen LogP contribution in [0.15, 0.2) is 42.5 Å². The molecule has 0 aliphatic carbocycles. The molecule has 1 N–H and O–H groups in total. The Morgan fingerprint density at radius 3 is 2.41 bits per heavy atom. The van der Waals surface area contributed by atoms with Crippen molar-refractivity contribution in [3.63, 3.8) is 0 Å². The number of para-hydroxylation sites is 1. The Morgan fingerprint density at radius 1 is 1.00 bits per heavy atom. The van der Waals surface area contributed by atoms with Crippen LogP contribution in [0.2, 0.25) is 0 Å². The van der Waals surface area contributed by atoms with E-state index in [9.17, 15) is 0 Å². The van der Waals surface area contributed by atoms with Crippen molar-refractivity contribution in [2.75, 3.05) is 10.2 Å². The minimum absolute atomic E-state index is 0.145. The van der Waals surface area contributed by atoms with Crippen molar-refractivity contribution < 1.29 is 0 Å². The van der Waals surface area contributed by atoms with Gasteiger partial charge < -0.3 is 10.2 Å². The van der Waals surface area contributed by atoms with Crippen molar-refractivity contribution in [1.82, 2.24) is 0 Å². The van der Waals surface area contributed by atoms with E-state index in [-0.39, 0.29) is 10.8 Å². The Hall–Kier alpha value is -1.96. The summed E-state index contributed by atoms with van der Waals surface area (Å²) in [5, 5.41) is 3.95. The van der Waals surface area contributed by atoms with Crippen LogP contribution in [0.4, 0.5) is 17.1 Å². The average molecular weight is 363 g/mol. The molecule has 144 valence electrons. The first-order valence-corrected chi connectivity index (χ1v) is 10.7. The van der Waals surface area contributed by atoms with Crippen molar-refractivity contribution >= 4 is 17.1 Å². The highest BCUT2D eigenvalue weighted by molar-refractivity contribution is 5.86. The second-order valence-corrected chi connectivity index (χ2v) is 8.98. The van der Waals surface area contributed by atoms with E-state index >= 15 is 0 Å². The highest BCUT2D eigenvalue weighted by Gasteiger charge is 2.57. The largest absolute Gasteiger partial charge is 0.363 e. The summed E-state index contributed by atoms with van der Waals surface area (Å²) in [6, 6.07) is 16.1. The van der Waals surface area contributed by atoms with Crippen molar-refractivity contribution in [2.45, 2.75) is 78.3 Å². The number of hydrogen-bond acceptors (Lipinski definition) is 2. The molecule has 0 saturated carbocycles. The molecule has 4 atom stereocenters. The van der Waals surface area contributed by atoms with Gasteiger partial charge in [0.15, 0.2) is 0 Å². The molecule has 0 spiro atoms. The van der Waals surface area contributed by atoms with Gasteiger partial charge >= 0.3 is 0 Å². The van der Waals surface area contributed by atoms with Gasteiger partial charge in [0.05, 0.1) is 11.4 Å². The van der Waals surface area contributed by atoms with E-state index in [1.807, 2.05) is 0 Å². The molecule has 4 rings (SSSR count). The standard InChI is InChI=1S/C25H34N2/c1-7-17(4)18-14-15-22-20(16-18)26-23-25(6,9-3)24(5,8-2)19-12-10-11-13-21(19)27(22)23/h10-17,23,26H,7-9H2,1-6H3. The number of rotatable bonds is 4. The van der Waals surface area contributed by atoms with Crippen molar-refractivity contribution in [1.29, 1.82) is 0 Å². The summed E-state index contributed by atoms with van der Waals surface area (Å²) in [6.07, 6.45) is 3.76. The van der Waals surface area contributed by atoms with Gasteiger partial charge in [-0.05, 0) is 54.5 Å². The predicted molar refractivity (Wildman–Crippen MR) is 117 cm³/mol. The van der Waals surface area contributed by atoms with Gasteiger partial charge in [-0.25, -0.2) is 0 Å². The molecule has 2 heteroatoms. The van der Waals surface area contributed by atoms with Crippen LogP contribution in [0.3, 0.4) is 0 Å². The summed E-state index contributed by atoms with van der Waals surface area (Å²) in [4.78, 5) is 2.58. The normalized spacial score (nSPS) is 29.6. The Bertz CT molecular complexity index is 857. The first-order valence-electron chi connectivity index (χ1n) is 10.7. The molecule has 0 aromatic heterocycles. The molecule has 0 saturated heterocycles. The van der Waals surface area contributed by atoms with Gasteiger partial charge in [0.1, 0.15) is 6.17 Å². The van der Waals surface area contributed by atoms with Gasteiger partial charge in [0.2, 0.25) is 0 Å². The summed E-state index contributed by atoms with van der Waals surface area (Å²) in [5.41, 5.74) is 7.23. The lowest BCUT2D eigenvalue weighted by Gasteiger charge is -2.57. The fourth-order valence-corrected chi connectivity index (χ4v) is 5.42. The maximum absolute atomic E-state index is 3.95. The maximum atomic E-state index is 3.95. The second kappa shape index (κ2) is 6.29. The van der Waals surface area contributed by atoms with Crippen LogP contribution in [0.5, 0.6) is 0 Å². The molecular formula is C25H34N2. The first kappa shape index (κ1) is 18.4. The molecule has 2 aromatic rings. The van der Waals surface area contributed by atoms with Gasteiger partial charge in [0, 0.05) is 16.5 Å². The van der Waals surface area contributed by atoms with Crippen molar-refractivity contribution in [2.24, 2.45) is 5.41 Å². The summed E-state index contributed by atoms with van der Waals surface area (Å²) in [5.74, 6) is 0.598. The number of hydrogen-bond donors (Lipinski definition) is 1. The van der Waals surface area contributed by atoms with Crippen LogP contribution >= 0.6 is 0 Å². The molecule has 2 heterocycles. The smallest absolute Gasteiger partial charge is 0.110 e. The van der Waals surface area contributed by atoms with Crippen LogP contribution in [-0.4, -0.2) is 6.17 Å². The molecule has 0 amide bonds. The van der Waals surface area contributed by atoms with E-state index in [0.29, 0.717) is 12.1 Å². The average Bonchev–Trinajstić information content (AvgIpc) is 3.10. The Balaban J connectivity index is 1.92. The van der Waals surface area contributed by atoms with Gasteiger partial charge in [0.25, 0.3) is 0 Å². The summed E-state index contributed by atoms with van der Waals surface area (Å²) < 4.78 is 0. The van der Waals surface area contributed by atoms with E-state index in [0.717, 1.165) is 12.8 Å². The van der Waals surface area contributed by atoms with Crippen LogP contribution in [-0.2, 0) is 5.41 Å². The third-order valence-corrected chi connectivity index (χ3v) is 8.08. The van der Waals surface area contributed by atoms with Gasteiger partial charge in [-0.3, -0.25) is 0 Å². The molecule has 2 aromatic carbocycles. The van der Waals surface area contributed by atoms with Crippen LogP contribution in [0, 0.1) is 5.41 Å². The Labute approximate surface area is 165 Å². The summed E-state index contributed by atoms with van der Waals surface area (Å²) in [7, 11) is 0. The molecule has 0 fully saturated rings. The molecule has 0 radical (unpaired) electrons. The number of fused-ring (bicyclic) bond motifs is 5. The number of nitrogens with zero attached hydrogens (tertiary/aromatic N) is 1. The minimum atomic E-state index is 0.145. The summed E-state index contributed by atoms with van der Waals surface area (Å²) in [6.45, 7) is 14.3. The zero-order chi connectivity index (χ0) is 19.4. The van der Waals surface area contributed by atoms with E-state index in [1.54, 1.807) is 0 Å². The number of benzene rings is 2. The lowest BCUT2D eigenvalue weighted by atomic mass is 9.55. The van der Waals surface area contributed by atoms with Gasteiger partial charge in [-0.1, -0.05) is 65.8 Å². The second-order valence-electron chi connectivity index (χ2n) is 8.98. The molecule has 4 unspecified atom stereocenters. The fraction of sp³-hybridized carbons (Fsp3) is 0.520. The third kappa shape index (κ3) is 2.31. The fourth-order valence-electron chi connectivity index (χ4n) is 5.42. The highest BCUT2D eigenvalue weighted by Crippen LogP contribution is 2.61. The third-order valence-electron chi connectivity index (χ3n) is 8.08. The molecule has 2 aliphatic heterocycles. The van der Waals surface area contributed by atoms with E-state index < -0.39 is 0 Å². The predicted octanol–water partition coefficient (Wildman–Crippen LogP) is 7.19. The van der Waals surface area contributed by atoms with Gasteiger partial charge in [-0.15, -0.1) is 0 Å². The van der Waals surface area contributed by atoms with Crippen molar-refractivity contribution in [3.05, 3.63) is 53.6 Å². The SMILES string of the molecule is CCC(C)c1ccc2c(c1)NC1N2c2ccccc2C(C)(CC)C1(C)CC. The lowest BCUT2D eigenvalue weighted by Crippen LogP contribution is -2.59. The zero-order valence-corrected chi connectivity index (χ0v) is 17.8. The van der Waals surface area contributed by atoms with Crippen molar-refractivity contribution in [3.8, 4) is 0 Å². The van der Waals surface area contributed by atoms with E-state index in [2.05, 4.69) is 94.2 Å². The molecule has 2 nitrogen and oxygen atoms in total. The van der Waals surface area contributed by atoms with E-state index in [4.69, 9.17) is 0 Å². The molecule has 0 bridgehead atoms.